The number of unbranched alkanes of at least 4 members (excludes halogenated alkanes) is 2. The molecule has 6 heteroatoms. The first-order valence-electron chi connectivity index (χ1n) is 21.6. The molecule has 2 N–H and O–H groups in total. The van der Waals surface area contributed by atoms with Gasteiger partial charge in [-0.25, -0.2) is 0 Å². The average Bonchev–Trinajstić information content (AvgIpc) is 3.47. The van der Waals surface area contributed by atoms with Crippen molar-refractivity contribution in [3.05, 3.63) is 47.5 Å². The van der Waals surface area contributed by atoms with Crippen LogP contribution in [-0.2, 0) is 20.7 Å². The van der Waals surface area contributed by atoms with E-state index >= 15 is 0 Å². The van der Waals surface area contributed by atoms with Crippen LogP contribution < -0.4 is 5.32 Å². The Balaban J connectivity index is 0.812. The minimum Gasteiger partial charge on any atom is -0.393 e. The molecule has 0 radical (unpaired) electrons. The van der Waals surface area contributed by atoms with Crippen molar-refractivity contribution in [1.82, 2.24) is 10.2 Å². The number of aliphatic hydroxyl groups is 1. The summed E-state index contributed by atoms with van der Waals surface area (Å²) in [6.07, 6.45) is 19.9. The number of ketones is 1. The molecule has 286 valence electrons. The molecule has 2 spiro atoms. The molecular weight excluding hydrogens is 645 g/mol. The fraction of sp³-hybridized carbons (Fsp3) is 0.783. The molecule has 7 aliphatic rings. The van der Waals surface area contributed by atoms with Crippen molar-refractivity contribution in [2.75, 3.05) is 19.6 Å². The van der Waals surface area contributed by atoms with Crippen molar-refractivity contribution < 1.29 is 19.4 Å². The van der Waals surface area contributed by atoms with Crippen LogP contribution in [0.5, 0.6) is 0 Å². The summed E-state index contributed by atoms with van der Waals surface area (Å²) >= 11 is 0. The standard InChI is InChI=1S/C46H68N2O4/c1-31-26-40-42(48(29-31)25-11-15-35(49)14-9-6-10-24-47-41(51)19-16-33-12-7-5-8-13-33)32(2)46(52-40)23-21-38-37-18-17-34-27-36(50)20-22-43(34,3)39(37)28-45(38)30-44(45,46)4/h5,7-8,12-13,17,31-32,36-40,42,50H,6,9-11,14-16,18-30H2,1-4H3,(H,47,51)/t31-,32+,36-,37-,38-,39-,40+,42-,43-,44?,45?,46+/m0/s1. The van der Waals surface area contributed by atoms with Crippen LogP contribution >= 0.6 is 0 Å². The number of hydrogen-bond donors (Lipinski definition) is 2. The second-order valence-corrected chi connectivity index (χ2v) is 19.5. The second kappa shape index (κ2) is 14.2. The van der Waals surface area contributed by atoms with E-state index in [0.717, 1.165) is 82.2 Å². The number of fused-ring (bicyclic) bond motifs is 6. The predicted molar refractivity (Wildman–Crippen MR) is 207 cm³/mol. The van der Waals surface area contributed by atoms with Gasteiger partial charge < -0.3 is 15.2 Å². The van der Waals surface area contributed by atoms with Gasteiger partial charge in [-0.2, -0.15) is 0 Å². The smallest absolute Gasteiger partial charge is 0.220 e. The van der Waals surface area contributed by atoms with E-state index in [2.05, 4.69) is 56.1 Å². The Labute approximate surface area is 314 Å². The van der Waals surface area contributed by atoms with E-state index in [4.69, 9.17) is 4.74 Å². The number of piperidine rings is 1. The predicted octanol–water partition coefficient (Wildman–Crippen LogP) is 8.45. The molecule has 6 nitrogen and oxygen atoms in total. The summed E-state index contributed by atoms with van der Waals surface area (Å²) in [5.74, 6) is 4.06. The molecule has 8 rings (SSSR count). The van der Waals surface area contributed by atoms with Crippen LogP contribution in [0.25, 0.3) is 0 Å². The Morgan fingerprint density at radius 2 is 1.79 bits per heavy atom. The Morgan fingerprint density at radius 1 is 0.981 bits per heavy atom. The number of aryl methyl sites for hydroxylation is 1. The normalized spacial score (nSPS) is 43.1. The lowest BCUT2D eigenvalue weighted by Crippen LogP contribution is -2.54. The summed E-state index contributed by atoms with van der Waals surface area (Å²) in [4.78, 5) is 27.9. The third kappa shape index (κ3) is 6.17. The highest BCUT2D eigenvalue weighted by atomic mass is 16.5. The van der Waals surface area contributed by atoms with Crippen LogP contribution in [0.3, 0.4) is 0 Å². The van der Waals surface area contributed by atoms with Crippen LogP contribution in [0, 0.1) is 45.8 Å². The van der Waals surface area contributed by atoms with Crippen molar-refractivity contribution in [1.29, 1.82) is 0 Å². The van der Waals surface area contributed by atoms with Gasteiger partial charge in [0.1, 0.15) is 5.78 Å². The largest absolute Gasteiger partial charge is 0.393 e. The Morgan fingerprint density at radius 3 is 2.62 bits per heavy atom. The molecule has 2 unspecified atom stereocenters. The minimum atomic E-state index is -0.140. The van der Waals surface area contributed by atoms with Crippen molar-refractivity contribution >= 4 is 11.7 Å². The second-order valence-electron chi connectivity index (χ2n) is 19.5. The molecule has 2 heterocycles. The molecule has 52 heavy (non-hydrogen) atoms. The van der Waals surface area contributed by atoms with Crippen LogP contribution in [0.15, 0.2) is 42.0 Å². The van der Waals surface area contributed by atoms with Gasteiger partial charge in [0.15, 0.2) is 0 Å². The fourth-order valence-corrected chi connectivity index (χ4v) is 14.2. The summed E-state index contributed by atoms with van der Waals surface area (Å²) in [6, 6.07) is 10.6. The number of carbonyl (C=O) groups is 2. The zero-order valence-electron chi connectivity index (χ0n) is 32.8. The number of allylic oxidation sites excluding steroid dienone is 1. The van der Waals surface area contributed by atoms with Crippen molar-refractivity contribution in [3.63, 3.8) is 0 Å². The number of likely N-dealkylation sites (tertiary alicyclic amines) is 1. The number of hydrogen-bond acceptors (Lipinski definition) is 5. The lowest BCUT2D eigenvalue weighted by Gasteiger charge is -2.50. The molecule has 1 aromatic carbocycles. The third-order valence-electron chi connectivity index (χ3n) is 16.8. The third-order valence-corrected chi connectivity index (χ3v) is 16.8. The zero-order valence-corrected chi connectivity index (χ0v) is 32.8. The Kier molecular flexibility index (Phi) is 10.1. The van der Waals surface area contributed by atoms with E-state index in [1.165, 1.54) is 44.1 Å². The van der Waals surface area contributed by atoms with E-state index in [-0.39, 0.29) is 28.4 Å². The van der Waals surface area contributed by atoms with E-state index < -0.39 is 0 Å². The van der Waals surface area contributed by atoms with Crippen LogP contribution in [0.2, 0.25) is 0 Å². The molecule has 1 aromatic rings. The number of benzene rings is 1. The average molecular weight is 713 g/mol. The Bertz CT molecular complexity index is 1510. The molecule has 2 saturated heterocycles. The van der Waals surface area contributed by atoms with Crippen LogP contribution in [0.1, 0.15) is 136 Å². The number of ether oxygens (including phenoxy) is 1. The van der Waals surface area contributed by atoms with E-state index in [1.807, 2.05) is 18.2 Å². The molecule has 0 aromatic heterocycles. The van der Waals surface area contributed by atoms with Gasteiger partial charge in [0, 0.05) is 49.7 Å². The molecule has 4 saturated carbocycles. The molecule has 0 bridgehead atoms. The first-order valence-corrected chi connectivity index (χ1v) is 21.6. The number of rotatable bonds is 13. The highest BCUT2D eigenvalue weighted by molar-refractivity contribution is 5.78. The van der Waals surface area contributed by atoms with Gasteiger partial charge in [-0.3, -0.25) is 14.5 Å². The first-order chi connectivity index (χ1) is 25.0. The number of amides is 1. The summed E-state index contributed by atoms with van der Waals surface area (Å²) in [6.45, 7) is 13.0. The fourth-order valence-electron chi connectivity index (χ4n) is 14.2. The number of aliphatic hydroxyl groups excluding tert-OH is 1. The lowest BCUT2D eigenvalue weighted by molar-refractivity contribution is -0.148. The maximum Gasteiger partial charge on any atom is 0.220 e. The molecule has 1 amide bonds. The number of nitrogens with one attached hydrogen (secondary N) is 1. The minimum absolute atomic E-state index is 0.0221. The Hall–Kier alpha value is -2.02. The van der Waals surface area contributed by atoms with Crippen molar-refractivity contribution in [2.24, 2.45) is 45.8 Å². The van der Waals surface area contributed by atoms with Gasteiger partial charge in [0.25, 0.3) is 0 Å². The quantitative estimate of drug-likeness (QED) is 0.159. The van der Waals surface area contributed by atoms with Gasteiger partial charge in [-0.15, -0.1) is 0 Å². The molecular formula is C46H68N2O4. The highest BCUT2D eigenvalue weighted by Gasteiger charge is 2.84. The molecule has 5 aliphatic carbocycles. The van der Waals surface area contributed by atoms with Gasteiger partial charge in [-0.05, 0) is 130 Å². The summed E-state index contributed by atoms with van der Waals surface area (Å²) in [5.41, 5.74) is 3.73. The number of nitrogens with zero attached hydrogens (tertiary/aromatic N) is 1. The zero-order chi connectivity index (χ0) is 36.3. The van der Waals surface area contributed by atoms with Crippen molar-refractivity contribution in [3.8, 4) is 0 Å². The SMILES string of the molecule is C[C@H]1C[C@H]2O[C@]3(CC[C@H]4[C@@H]5CC=C6C[C@@H](O)CC[C@]6(C)[C@H]5CC45CC53C)[C@H](C)[C@@H]2N(CCCC(=O)CCCCCNC(=O)CCc2ccccc2)C1. The molecule has 2 aliphatic heterocycles. The van der Waals surface area contributed by atoms with E-state index in [9.17, 15) is 14.7 Å². The summed E-state index contributed by atoms with van der Waals surface area (Å²) < 4.78 is 7.55. The van der Waals surface area contributed by atoms with Gasteiger partial charge in [0.05, 0.1) is 17.8 Å². The summed E-state index contributed by atoms with van der Waals surface area (Å²) in [7, 11) is 0. The van der Waals surface area contributed by atoms with Gasteiger partial charge >= 0.3 is 0 Å². The lowest BCUT2D eigenvalue weighted by atomic mass is 9.56. The van der Waals surface area contributed by atoms with Crippen molar-refractivity contribution in [2.45, 2.75) is 161 Å². The topological polar surface area (TPSA) is 78.9 Å². The van der Waals surface area contributed by atoms with E-state index in [0.29, 0.717) is 61.0 Å². The first kappa shape index (κ1) is 36.9. The monoisotopic (exact) mass is 713 g/mol. The summed E-state index contributed by atoms with van der Waals surface area (Å²) in [5, 5.41) is 13.6. The highest BCUT2D eigenvalue weighted by Crippen LogP contribution is 2.87. The number of carbonyl (C=O) groups excluding carboxylic acids is 2. The van der Waals surface area contributed by atoms with E-state index in [1.54, 1.807) is 5.57 Å². The van der Waals surface area contributed by atoms with Gasteiger partial charge in [0.2, 0.25) is 5.91 Å². The van der Waals surface area contributed by atoms with Gasteiger partial charge in [-0.1, -0.05) is 76.1 Å². The van der Waals surface area contributed by atoms with Crippen LogP contribution in [-0.4, -0.2) is 65.2 Å². The van der Waals surface area contributed by atoms with Crippen LogP contribution in [0.4, 0.5) is 0 Å². The maximum atomic E-state index is 12.9. The maximum absolute atomic E-state index is 12.9. The molecule has 6 fully saturated rings. The molecule has 12 atom stereocenters. The number of Topliss-reactive ketones (excluding diaryl/α,β-unsaturated/α-hetero) is 1.